The molecule has 1 aliphatic rings. The van der Waals surface area contributed by atoms with Crippen LogP contribution in [0.15, 0.2) is 11.6 Å². The van der Waals surface area contributed by atoms with E-state index < -0.39 is 5.60 Å². The van der Waals surface area contributed by atoms with E-state index in [-0.39, 0.29) is 22.5 Å². The summed E-state index contributed by atoms with van der Waals surface area (Å²) >= 11 is 3.54. The molecule has 5 heteroatoms. The summed E-state index contributed by atoms with van der Waals surface area (Å²) < 4.78 is 10.7. The molecule has 0 bridgehead atoms. The number of rotatable bonds is 9. The topological polar surface area (TPSA) is 59.1 Å². The Kier molecular flexibility index (Phi) is 7.09. The van der Waals surface area contributed by atoms with Gasteiger partial charge in [-0.3, -0.25) is 4.79 Å². The Balaban J connectivity index is 2.26. The van der Waals surface area contributed by atoms with Crippen LogP contribution >= 0.6 is 15.9 Å². The first-order chi connectivity index (χ1) is 10.0. The predicted octanol–water partition coefficient (Wildman–Crippen LogP) is 3.75. The Bertz CT molecular complexity index is 413. The van der Waals surface area contributed by atoms with Crippen LogP contribution in [0.5, 0.6) is 0 Å². The van der Waals surface area contributed by atoms with Crippen LogP contribution in [0.4, 0.5) is 0 Å². The van der Waals surface area contributed by atoms with Gasteiger partial charge in [0.25, 0.3) is 0 Å². The number of carbonyl (C=O) groups is 1. The summed E-state index contributed by atoms with van der Waals surface area (Å²) in [7, 11) is 0. The van der Waals surface area contributed by atoms with E-state index in [1.807, 2.05) is 26.8 Å². The van der Waals surface area contributed by atoms with E-state index in [2.05, 4.69) is 22.9 Å². The van der Waals surface area contributed by atoms with Crippen LogP contribution in [0.25, 0.3) is 0 Å². The molecule has 0 aromatic rings. The molecule has 0 saturated carbocycles. The molecular weight excluding hydrogens is 348 g/mol. The molecule has 3 atom stereocenters. The van der Waals surface area contributed by atoms with Gasteiger partial charge in [0.1, 0.15) is 6.61 Å². The molecule has 0 aromatic carbocycles. The molecule has 1 heterocycles. The third kappa shape index (κ3) is 6.80. The van der Waals surface area contributed by atoms with Gasteiger partial charge in [-0.25, -0.2) is 0 Å². The molecule has 0 amide bonds. The van der Waals surface area contributed by atoms with Gasteiger partial charge in [0.2, 0.25) is 0 Å². The van der Waals surface area contributed by atoms with Crippen molar-refractivity contribution in [2.24, 2.45) is 0 Å². The van der Waals surface area contributed by atoms with Crippen molar-refractivity contribution in [1.29, 1.82) is 0 Å². The molecule has 1 rings (SSSR count). The minimum Gasteiger partial charge on any atom is -0.462 e. The maximum absolute atomic E-state index is 10.7. The summed E-state index contributed by atoms with van der Waals surface area (Å²) in [5, 5.41) is 9.94. The van der Waals surface area contributed by atoms with Crippen LogP contribution in [-0.4, -0.2) is 39.8 Å². The fraction of sp³-hybridized carbons (Fsp3) is 0.824. The summed E-state index contributed by atoms with van der Waals surface area (Å²) in [4.78, 5) is 10.8. The van der Waals surface area contributed by atoms with Crippen molar-refractivity contribution in [3.8, 4) is 0 Å². The fourth-order valence-corrected chi connectivity index (χ4v) is 2.63. The molecule has 22 heavy (non-hydrogen) atoms. The standard InChI is InChI=1S/C17H29BrO4/c1-12(9-11-21-13(2)19)6-7-15-17(5,22-15)10-8-14(18)16(3,4)20/h9,14-15,20H,6-8,10-11H2,1-5H3/b12-9+/t14?,15-,17-/m1/s1. The summed E-state index contributed by atoms with van der Waals surface area (Å²) in [5.41, 5.74) is 0.443. The number of esters is 1. The molecular formula is C17H29BrO4. The zero-order chi connectivity index (χ0) is 17.0. The lowest BCUT2D eigenvalue weighted by atomic mass is 9.93. The van der Waals surface area contributed by atoms with E-state index in [9.17, 15) is 9.90 Å². The Morgan fingerprint density at radius 1 is 1.50 bits per heavy atom. The van der Waals surface area contributed by atoms with E-state index >= 15 is 0 Å². The normalized spacial score (nSPS) is 26.7. The van der Waals surface area contributed by atoms with E-state index in [0.717, 1.165) is 25.7 Å². The Morgan fingerprint density at radius 2 is 2.14 bits per heavy atom. The number of carbonyl (C=O) groups excluding carboxylic acids is 1. The first-order valence-electron chi connectivity index (χ1n) is 7.88. The van der Waals surface area contributed by atoms with Gasteiger partial charge in [-0.1, -0.05) is 21.5 Å². The van der Waals surface area contributed by atoms with Crippen molar-refractivity contribution in [3.63, 3.8) is 0 Å². The molecule has 1 N–H and O–H groups in total. The second-order valence-corrected chi connectivity index (χ2v) is 8.08. The highest BCUT2D eigenvalue weighted by Gasteiger charge is 2.51. The second kappa shape index (κ2) is 7.93. The van der Waals surface area contributed by atoms with Gasteiger partial charge < -0.3 is 14.6 Å². The summed E-state index contributed by atoms with van der Waals surface area (Å²) in [6.45, 7) is 9.58. The van der Waals surface area contributed by atoms with E-state index in [0.29, 0.717) is 6.61 Å². The number of epoxide rings is 1. The summed E-state index contributed by atoms with van der Waals surface area (Å²) in [6.07, 6.45) is 5.99. The average molecular weight is 377 g/mol. The Labute approximate surface area is 142 Å². The van der Waals surface area contributed by atoms with Crippen molar-refractivity contribution in [3.05, 3.63) is 11.6 Å². The van der Waals surface area contributed by atoms with Gasteiger partial charge >= 0.3 is 5.97 Å². The van der Waals surface area contributed by atoms with Gasteiger partial charge in [0.15, 0.2) is 0 Å². The molecule has 0 aliphatic carbocycles. The van der Waals surface area contributed by atoms with E-state index in [4.69, 9.17) is 9.47 Å². The number of aliphatic hydroxyl groups is 1. The highest BCUT2D eigenvalue weighted by atomic mass is 79.9. The van der Waals surface area contributed by atoms with Crippen molar-refractivity contribution in [2.75, 3.05) is 6.61 Å². The van der Waals surface area contributed by atoms with Crippen molar-refractivity contribution < 1.29 is 19.4 Å². The number of halogens is 1. The minimum absolute atomic E-state index is 0.0621. The number of hydrogen-bond donors (Lipinski definition) is 1. The molecule has 0 spiro atoms. The molecule has 4 nitrogen and oxygen atoms in total. The monoisotopic (exact) mass is 376 g/mol. The van der Waals surface area contributed by atoms with Gasteiger partial charge in [-0.15, -0.1) is 0 Å². The van der Waals surface area contributed by atoms with Gasteiger partial charge in [-0.05, 0) is 59.5 Å². The first-order valence-corrected chi connectivity index (χ1v) is 8.79. The zero-order valence-electron chi connectivity index (χ0n) is 14.3. The number of allylic oxidation sites excluding steroid dienone is 1. The van der Waals surface area contributed by atoms with Crippen LogP contribution < -0.4 is 0 Å². The Morgan fingerprint density at radius 3 is 2.68 bits per heavy atom. The molecule has 1 aliphatic heterocycles. The lowest BCUT2D eigenvalue weighted by molar-refractivity contribution is -0.139. The van der Waals surface area contributed by atoms with Crippen LogP contribution in [0.3, 0.4) is 0 Å². The smallest absolute Gasteiger partial charge is 0.302 e. The van der Waals surface area contributed by atoms with Crippen LogP contribution in [0, 0.1) is 0 Å². The number of ether oxygens (including phenoxy) is 2. The lowest BCUT2D eigenvalue weighted by Crippen LogP contribution is -2.32. The first kappa shape index (κ1) is 19.7. The SMILES string of the molecule is CC(=O)OC/C=C(\C)CC[C@H]1O[C@]1(C)CCC(Br)C(C)(C)O. The summed E-state index contributed by atoms with van der Waals surface area (Å²) in [5.74, 6) is -0.252. The maximum atomic E-state index is 10.7. The van der Waals surface area contributed by atoms with Crippen LogP contribution in [-0.2, 0) is 14.3 Å². The third-order valence-corrected chi connectivity index (χ3v) is 5.79. The van der Waals surface area contributed by atoms with E-state index in [1.165, 1.54) is 12.5 Å². The molecule has 128 valence electrons. The number of hydrogen-bond acceptors (Lipinski definition) is 4. The average Bonchev–Trinajstić information content (AvgIpc) is 3.03. The molecule has 0 radical (unpaired) electrons. The van der Waals surface area contributed by atoms with Crippen molar-refractivity contribution in [1.82, 2.24) is 0 Å². The maximum Gasteiger partial charge on any atom is 0.302 e. The highest BCUT2D eigenvalue weighted by Crippen LogP contribution is 2.44. The van der Waals surface area contributed by atoms with Gasteiger partial charge in [-0.2, -0.15) is 0 Å². The number of alkyl halides is 1. The van der Waals surface area contributed by atoms with E-state index in [1.54, 1.807) is 0 Å². The zero-order valence-corrected chi connectivity index (χ0v) is 15.9. The summed E-state index contributed by atoms with van der Waals surface area (Å²) in [6, 6.07) is 0. The largest absolute Gasteiger partial charge is 0.462 e. The van der Waals surface area contributed by atoms with Crippen LogP contribution in [0.1, 0.15) is 60.3 Å². The quantitative estimate of drug-likeness (QED) is 0.288. The third-order valence-electron chi connectivity index (χ3n) is 4.22. The molecule has 1 unspecified atom stereocenters. The van der Waals surface area contributed by atoms with Crippen molar-refractivity contribution >= 4 is 21.9 Å². The van der Waals surface area contributed by atoms with Gasteiger partial charge in [0, 0.05) is 11.8 Å². The minimum atomic E-state index is -0.712. The predicted molar refractivity (Wildman–Crippen MR) is 91.1 cm³/mol. The van der Waals surface area contributed by atoms with Crippen molar-refractivity contribution in [2.45, 2.75) is 82.4 Å². The lowest BCUT2D eigenvalue weighted by Gasteiger charge is -2.24. The molecule has 1 fully saturated rings. The highest BCUT2D eigenvalue weighted by molar-refractivity contribution is 9.09. The second-order valence-electron chi connectivity index (χ2n) is 6.97. The fourth-order valence-electron chi connectivity index (χ4n) is 2.40. The molecule has 1 saturated heterocycles. The Hall–Kier alpha value is -0.390. The van der Waals surface area contributed by atoms with Gasteiger partial charge in [0.05, 0.1) is 17.3 Å². The van der Waals surface area contributed by atoms with Crippen LogP contribution in [0.2, 0.25) is 0 Å². The molecule has 0 aromatic heterocycles.